The lowest BCUT2D eigenvalue weighted by Crippen LogP contribution is -2.16. The molecule has 2 aromatic carbocycles. The van der Waals surface area contributed by atoms with Gasteiger partial charge >= 0.3 is 0 Å². The first-order valence-electron chi connectivity index (χ1n) is 8.15. The fourth-order valence-electron chi connectivity index (χ4n) is 2.31. The summed E-state index contributed by atoms with van der Waals surface area (Å²) in [6.45, 7) is 2.36. The van der Waals surface area contributed by atoms with Crippen molar-refractivity contribution < 1.29 is 17.9 Å². The highest BCUT2D eigenvalue weighted by Crippen LogP contribution is 2.29. The third-order valence-electron chi connectivity index (χ3n) is 3.54. The average Bonchev–Trinajstić information content (AvgIpc) is 3.17. The Hall–Kier alpha value is -2.43. The van der Waals surface area contributed by atoms with Crippen LogP contribution in [0.25, 0.3) is 0 Å². The van der Waals surface area contributed by atoms with E-state index in [1.807, 2.05) is 6.92 Å². The molecule has 0 radical (unpaired) electrons. The number of halogens is 1. The number of hydrogen-bond donors (Lipinski definition) is 2. The van der Waals surface area contributed by atoms with Crippen molar-refractivity contribution in [3.8, 4) is 5.75 Å². The molecule has 1 heterocycles. The van der Waals surface area contributed by atoms with E-state index in [9.17, 15) is 13.2 Å². The average molecular weight is 482 g/mol. The zero-order valence-electron chi connectivity index (χ0n) is 14.7. The molecule has 0 aliphatic heterocycles. The van der Waals surface area contributed by atoms with Crippen LogP contribution in [0.4, 0.5) is 10.8 Å². The Balaban J connectivity index is 1.80. The SMILES string of the molecule is CCOc1ccc(NS(=O)(=O)c2cccc(C(=O)Nc3nccs3)c2)cc1Br. The van der Waals surface area contributed by atoms with Gasteiger partial charge in [-0.2, -0.15) is 0 Å². The Bertz CT molecular complexity index is 1090. The van der Waals surface area contributed by atoms with Crippen molar-refractivity contribution in [2.24, 2.45) is 0 Å². The normalized spacial score (nSPS) is 11.1. The lowest BCUT2D eigenvalue weighted by atomic mass is 10.2. The maximum atomic E-state index is 12.7. The van der Waals surface area contributed by atoms with E-state index >= 15 is 0 Å². The Morgan fingerprint density at radius 3 is 2.75 bits per heavy atom. The molecular weight excluding hydrogens is 466 g/mol. The van der Waals surface area contributed by atoms with Crippen LogP contribution >= 0.6 is 27.3 Å². The minimum Gasteiger partial charge on any atom is -0.493 e. The minimum absolute atomic E-state index is 0.0238. The van der Waals surface area contributed by atoms with E-state index in [-0.39, 0.29) is 10.5 Å². The van der Waals surface area contributed by atoms with Crippen molar-refractivity contribution in [2.45, 2.75) is 11.8 Å². The fraction of sp³-hybridized carbons (Fsp3) is 0.111. The number of nitrogens with zero attached hydrogens (tertiary/aromatic N) is 1. The minimum atomic E-state index is -3.88. The van der Waals surface area contributed by atoms with Gasteiger partial charge in [0.25, 0.3) is 15.9 Å². The zero-order valence-corrected chi connectivity index (χ0v) is 17.9. The topological polar surface area (TPSA) is 97.4 Å². The molecule has 0 atom stereocenters. The number of amides is 1. The molecule has 0 bridgehead atoms. The second-order valence-electron chi connectivity index (χ2n) is 5.50. The van der Waals surface area contributed by atoms with Crippen LogP contribution in [0.1, 0.15) is 17.3 Å². The van der Waals surface area contributed by atoms with Crippen molar-refractivity contribution in [3.05, 3.63) is 64.1 Å². The van der Waals surface area contributed by atoms with Crippen molar-refractivity contribution in [3.63, 3.8) is 0 Å². The number of hydrogen-bond acceptors (Lipinski definition) is 6. The molecule has 1 amide bonds. The van der Waals surface area contributed by atoms with Gasteiger partial charge < -0.3 is 4.74 Å². The summed E-state index contributed by atoms with van der Waals surface area (Å²) in [4.78, 5) is 16.3. The summed E-state index contributed by atoms with van der Waals surface area (Å²) >= 11 is 4.63. The maximum absolute atomic E-state index is 12.7. The van der Waals surface area contributed by atoms with Gasteiger partial charge in [-0.25, -0.2) is 13.4 Å². The first-order valence-corrected chi connectivity index (χ1v) is 11.3. The fourth-order valence-corrected chi connectivity index (χ4v) is 4.42. The number of aromatic nitrogens is 1. The van der Waals surface area contributed by atoms with Crippen LogP contribution in [0.3, 0.4) is 0 Å². The van der Waals surface area contributed by atoms with Crippen LogP contribution in [0.5, 0.6) is 5.75 Å². The van der Waals surface area contributed by atoms with E-state index in [4.69, 9.17) is 4.74 Å². The number of ether oxygens (including phenoxy) is 1. The molecule has 146 valence electrons. The first kappa shape index (κ1) is 20.3. The highest BCUT2D eigenvalue weighted by atomic mass is 79.9. The molecule has 0 aliphatic carbocycles. The summed E-state index contributed by atoms with van der Waals surface area (Å²) in [5, 5.41) is 4.80. The molecule has 0 saturated carbocycles. The van der Waals surface area contributed by atoms with Crippen molar-refractivity contribution in [1.29, 1.82) is 0 Å². The molecule has 28 heavy (non-hydrogen) atoms. The van der Waals surface area contributed by atoms with Crippen molar-refractivity contribution in [2.75, 3.05) is 16.6 Å². The van der Waals surface area contributed by atoms with Gasteiger partial charge in [0.05, 0.1) is 21.7 Å². The van der Waals surface area contributed by atoms with Gasteiger partial charge in [-0.1, -0.05) is 6.07 Å². The third-order valence-corrected chi connectivity index (χ3v) is 6.23. The number of carbonyl (C=O) groups is 1. The molecule has 0 unspecified atom stereocenters. The lowest BCUT2D eigenvalue weighted by Gasteiger charge is -2.11. The molecule has 0 saturated heterocycles. The van der Waals surface area contributed by atoms with Gasteiger partial charge in [0.2, 0.25) is 0 Å². The van der Waals surface area contributed by atoms with Gasteiger partial charge in [0.15, 0.2) is 5.13 Å². The number of thiazole rings is 1. The summed E-state index contributed by atoms with van der Waals surface area (Å²) < 4.78 is 34.0. The number of sulfonamides is 1. The number of nitrogens with one attached hydrogen (secondary N) is 2. The van der Waals surface area contributed by atoms with Crippen molar-refractivity contribution in [1.82, 2.24) is 4.98 Å². The van der Waals surface area contributed by atoms with Crippen LogP contribution in [-0.4, -0.2) is 25.9 Å². The van der Waals surface area contributed by atoms with Crippen LogP contribution < -0.4 is 14.8 Å². The molecule has 0 spiro atoms. The second-order valence-corrected chi connectivity index (χ2v) is 8.93. The highest BCUT2D eigenvalue weighted by molar-refractivity contribution is 9.10. The quantitative estimate of drug-likeness (QED) is 0.522. The summed E-state index contributed by atoms with van der Waals surface area (Å²) in [6.07, 6.45) is 1.57. The van der Waals surface area contributed by atoms with Gasteiger partial charge in [-0.15, -0.1) is 11.3 Å². The van der Waals surface area contributed by atoms with Gasteiger partial charge in [-0.05, 0) is 59.3 Å². The van der Waals surface area contributed by atoms with E-state index < -0.39 is 15.9 Å². The van der Waals surface area contributed by atoms with Crippen LogP contribution in [0, 0.1) is 0 Å². The second kappa shape index (κ2) is 8.72. The number of rotatable bonds is 7. The lowest BCUT2D eigenvalue weighted by molar-refractivity contribution is 0.102. The van der Waals surface area contributed by atoms with E-state index in [1.165, 1.54) is 35.6 Å². The first-order chi connectivity index (χ1) is 13.4. The summed E-state index contributed by atoms with van der Waals surface area (Å²) in [7, 11) is -3.88. The van der Waals surface area contributed by atoms with E-state index in [1.54, 1.807) is 29.8 Å². The van der Waals surface area contributed by atoms with Crippen LogP contribution in [-0.2, 0) is 10.0 Å². The molecular formula is C18H16BrN3O4S2. The number of benzene rings is 2. The Morgan fingerprint density at radius 1 is 1.25 bits per heavy atom. The summed E-state index contributed by atoms with van der Waals surface area (Å²) in [5.74, 6) is 0.183. The van der Waals surface area contributed by atoms with Crippen molar-refractivity contribution >= 4 is 54.0 Å². The highest BCUT2D eigenvalue weighted by Gasteiger charge is 2.17. The molecule has 1 aromatic heterocycles. The molecule has 3 aromatic rings. The van der Waals surface area contributed by atoms with Gasteiger partial charge in [-0.3, -0.25) is 14.8 Å². The van der Waals surface area contributed by atoms with E-state index in [0.717, 1.165) is 0 Å². The standard InChI is InChI=1S/C18H16BrN3O4S2/c1-2-26-16-7-6-13(11-15(16)19)22-28(24,25)14-5-3-4-12(10-14)17(23)21-18-20-8-9-27-18/h3-11,22H,2H2,1H3,(H,20,21,23). The summed E-state index contributed by atoms with van der Waals surface area (Å²) in [5.41, 5.74) is 0.582. The molecule has 7 nitrogen and oxygen atoms in total. The van der Waals surface area contributed by atoms with E-state index in [2.05, 4.69) is 31.0 Å². The van der Waals surface area contributed by atoms with Crippen LogP contribution in [0.2, 0.25) is 0 Å². The molecule has 3 rings (SSSR count). The van der Waals surface area contributed by atoms with Crippen LogP contribution in [0.15, 0.2) is 63.4 Å². The largest absolute Gasteiger partial charge is 0.493 e. The molecule has 0 fully saturated rings. The third kappa shape index (κ3) is 4.89. The predicted molar refractivity (Wildman–Crippen MR) is 113 cm³/mol. The smallest absolute Gasteiger partial charge is 0.261 e. The maximum Gasteiger partial charge on any atom is 0.261 e. The molecule has 0 aliphatic rings. The molecule has 2 N–H and O–H groups in total. The van der Waals surface area contributed by atoms with E-state index in [0.29, 0.717) is 27.6 Å². The Labute approximate surface area is 175 Å². The Kier molecular flexibility index (Phi) is 6.32. The number of carbonyl (C=O) groups excluding carboxylic acids is 1. The molecule has 10 heteroatoms. The predicted octanol–water partition coefficient (Wildman–Crippen LogP) is 4.36. The Morgan fingerprint density at radius 2 is 2.07 bits per heavy atom. The summed E-state index contributed by atoms with van der Waals surface area (Å²) in [6, 6.07) is 10.7. The monoisotopic (exact) mass is 481 g/mol. The number of anilines is 2. The van der Waals surface area contributed by atoms with Gasteiger partial charge in [0.1, 0.15) is 5.75 Å². The van der Waals surface area contributed by atoms with Gasteiger partial charge in [0, 0.05) is 17.1 Å². The zero-order chi connectivity index (χ0) is 20.1.